The number of carbonyl (C=O) groups excluding carboxylic acids is 4. The molecule has 3 N–H and O–H groups in total. The lowest BCUT2D eigenvalue weighted by Gasteiger charge is -2.23. The van der Waals surface area contributed by atoms with Gasteiger partial charge in [-0.25, -0.2) is 0 Å². The third kappa shape index (κ3) is 5.50. The summed E-state index contributed by atoms with van der Waals surface area (Å²) < 4.78 is 9.81. The number of primary amides is 1. The number of nitrogens with one attached hydrogen (secondary N) is 1. The van der Waals surface area contributed by atoms with Crippen LogP contribution in [0.1, 0.15) is 30.6 Å². The Morgan fingerprint density at radius 1 is 1.07 bits per heavy atom. The normalized spacial score (nSPS) is 12.6. The van der Waals surface area contributed by atoms with Crippen LogP contribution in [-0.2, 0) is 23.9 Å². The summed E-state index contributed by atoms with van der Waals surface area (Å²) in [5.41, 5.74) is 6.06. The molecule has 2 amide bonds. The van der Waals surface area contributed by atoms with Crippen LogP contribution in [-0.4, -0.2) is 48.0 Å². The maximum atomic E-state index is 12.8. The minimum atomic E-state index is -1.47. The lowest BCUT2D eigenvalue weighted by molar-refractivity contribution is -0.156. The number of pyridine rings is 1. The van der Waals surface area contributed by atoms with E-state index in [0.29, 0.717) is 5.52 Å². The lowest BCUT2D eigenvalue weighted by atomic mass is 9.94. The van der Waals surface area contributed by atoms with Crippen molar-refractivity contribution in [1.82, 2.24) is 10.3 Å². The van der Waals surface area contributed by atoms with Crippen molar-refractivity contribution in [3.63, 3.8) is 0 Å². The van der Waals surface area contributed by atoms with Gasteiger partial charge in [-0.15, -0.1) is 0 Å². The molecule has 0 saturated heterocycles. The number of benzene rings is 1. The minimum Gasteiger partial charge on any atom is -0.466 e. The average Bonchev–Trinajstić information content (AvgIpc) is 2.70. The van der Waals surface area contributed by atoms with Gasteiger partial charge in [0, 0.05) is 11.6 Å². The zero-order chi connectivity index (χ0) is 21.4. The quantitative estimate of drug-likeness (QED) is 0.597. The highest BCUT2D eigenvalue weighted by atomic mass is 16.5. The fourth-order valence-corrected chi connectivity index (χ4v) is 2.86. The van der Waals surface area contributed by atoms with E-state index in [4.69, 9.17) is 15.2 Å². The van der Waals surface area contributed by atoms with E-state index in [1.54, 1.807) is 38.1 Å². The Bertz CT molecular complexity index is 909. The number of para-hydroxylation sites is 1. The Morgan fingerprint density at radius 3 is 2.41 bits per heavy atom. The van der Waals surface area contributed by atoms with Gasteiger partial charge in [-0.05, 0) is 26.0 Å². The molecule has 0 unspecified atom stereocenters. The third-order valence-corrected chi connectivity index (χ3v) is 4.15. The molecule has 0 aliphatic heterocycles. The van der Waals surface area contributed by atoms with Crippen LogP contribution in [0.3, 0.4) is 0 Å². The summed E-state index contributed by atoms with van der Waals surface area (Å²) in [4.78, 5) is 53.4. The SMILES string of the molecule is CCOC(=O)C[C@H](C(=O)OCC)[C@@H](NC(=O)c1cccc2cccnc12)C(N)=O. The number of nitrogens with zero attached hydrogens (tertiary/aromatic N) is 1. The molecule has 9 nitrogen and oxygen atoms in total. The fraction of sp³-hybridized carbons (Fsp3) is 0.350. The second kappa shape index (κ2) is 10.2. The van der Waals surface area contributed by atoms with Gasteiger partial charge < -0.3 is 20.5 Å². The number of rotatable bonds is 9. The zero-order valence-corrected chi connectivity index (χ0v) is 16.2. The van der Waals surface area contributed by atoms with Crippen LogP contribution in [0.2, 0.25) is 0 Å². The van der Waals surface area contributed by atoms with E-state index in [2.05, 4.69) is 10.3 Å². The molecule has 29 heavy (non-hydrogen) atoms. The van der Waals surface area contributed by atoms with Gasteiger partial charge in [0.05, 0.1) is 36.6 Å². The van der Waals surface area contributed by atoms with Gasteiger partial charge in [-0.2, -0.15) is 0 Å². The maximum Gasteiger partial charge on any atom is 0.312 e. The third-order valence-electron chi connectivity index (χ3n) is 4.15. The van der Waals surface area contributed by atoms with Crippen molar-refractivity contribution < 1.29 is 28.7 Å². The van der Waals surface area contributed by atoms with Crippen molar-refractivity contribution in [1.29, 1.82) is 0 Å². The second-order valence-corrected chi connectivity index (χ2v) is 6.10. The fourth-order valence-electron chi connectivity index (χ4n) is 2.86. The molecule has 0 fully saturated rings. The smallest absolute Gasteiger partial charge is 0.312 e. The molecule has 0 bridgehead atoms. The molecule has 0 saturated carbocycles. The van der Waals surface area contributed by atoms with E-state index in [9.17, 15) is 19.2 Å². The van der Waals surface area contributed by atoms with Crippen molar-refractivity contribution in [3.05, 3.63) is 42.1 Å². The first-order valence-corrected chi connectivity index (χ1v) is 9.15. The predicted molar refractivity (Wildman–Crippen MR) is 104 cm³/mol. The molecule has 1 aromatic heterocycles. The number of hydrogen-bond acceptors (Lipinski definition) is 7. The number of esters is 2. The number of carbonyl (C=O) groups is 4. The highest BCUT2D eigenvalue weighted by molar-refractivity contribution is 6.07. The number of nitrogens with two attached hydrogens (primary N) is 1. The van der Waals surface area contributed by atoms with Crippen molar-refractivity contribution in [2.24, 2.45) is 11.7 Å². The van der Waals surface area contributed by atoms with Crippen LogP contribution in [0, 0.1) is 5.92 Å². The van der Waals surface area contributed by atoms with Crippen LogP contribution in [0.25, 0.3) is 10.9 Å². The first kappa shape index (κ1) is 21.8. The van der Waals surface area contributed by atoms with Gasteiger partial charge in [-0.3, -0.25) is 24.2 Å². The summed E-state index contributed by atoms with van der Waals surface area (Å²) >= 11 is 0. The Hall–Kier alpha value is -3.49. The monoisotopic (exact) mass is 401 g/mol. The van der Waals surface area contributed by atoms with Crippen LogP contribution >= 0.6 is 0 Å². The number of amides is 2. The van der Waals surface area contributed by atoms with Crippen molar-refractivity contribution in [3.8, 4) is 0 Å². The van der Waals surface area contributed by atoms with E-state index in [1.165, 1.54) is 12.3 Å². The summed E-state index contributed by atoms with van der Waals surface area (Å²) in [5.74, 6) is -4.50. The lowest BCUT2D eigenvalue weighted by Crippen LogP contribution is -2.52. The number of fused-ring (bicyclic) bond motifs is 1. The van der Waals surface area contributed by atoms with Crippen LogP contribution in [0.4, 0.5) is 0 Å². The highest BCUT2D eigenvalue weighted by Crippen LogP contribution is 2.18. The topological polar surface area (TPSA) is 138 Å². The molecule has 0 radical (unpaired) electrons. The molecule has 0 aliphatic rings. The van der Waals surface area contributed by atoms with Crippen molar-refractivity contribution in [2.75, 3.05) is 13.2 Å². The molecular formula is C20H23N3O6. The number of aromatic nitrogens is 1. The zero-order valence-electron chi connectivity index (χ0n) is 16.2. The molecule has 0 aliphatic carbocycles. The van der Waals surface area contributed by atoms with Crippen LogP contribution in [0.5, 0.6) is 0 Å². The summed E-state index contributed by atoms with van der Waals surface area (Å²) in [6.07, 6.45) is 1.07. The largest absolute Gasteiger partial charge is 0.466 e. The molecule has 0 spiro atoms. The van der Waals surface area contributed by atoms with Gasteiger partial charge >= 0.3 is 11.9 Å². The standard InChI is InChI=1S/C20H23N3O6/c1-3-28-15(24)11-14(20(27)29-4-2)17(18(21)25)23-19(26)13-9-5-7-12-8-6-10-22-16(12)13/h5-10,14,17H,3-4,11H2,1-2H3,(H2,21,25)(H,23,26)/t14-,17+/m0/s1. The molecule has 2 aromatic rings. The number of hydrogen-bond donors (Lipinski definition) is 2. The molecule has 154 valence electrons. The van der Waals surface area contributed by atoms with Gasteiger partial charge in [0.2, 0.25) is 5.91 Å². The first-order chi connectivity index (χ1) is 13.9. The molecule has 1 aromatic carbocycles. The van der Waals surface area contributed by atoms with Gasteiger partial charge in [0.1, 0.15) is 6.04 Å². The van der Waals surface area contributed by atoms with E-state index >= 15 is 0 Å². The maximum absolute atomic E-state index is 12.8. The molecule has 2 atom stereocenters. The molecule has 1 heterocycles. The Kier molecular flexibility index (Phi) is 7.64. The van der Waals surface area contributed by atoms with Crippen LogP contribution < -0.4 is 11.1 Å². The van der Waals surface area contributed by atoms with Crippen molar-refractivity contribution >= 4 is 34.7 Å². The molecular weight excluding hydrogens is 378 g/mol. The van der Waals surface area contributed by atoms with Gasteiger partial charge in [0.15, 0.2) is 0 Å². The van der Waals surface area contributed by atoms with Gasteiger partial charge in [-0.1, -0.05) is 18.2 Å². The Morgan fingerprint density at radius 2 is 1.76 bits per heavy atom. The molecule has 2 rings (SSSR count). The summed E-state index contributed by atoms with van der Waals surface area (Å²) in [6.45, 7) is 3.32. The first-order valence-electron chi connectivity index (χ1n) is 9.15. The van der Waals surface area contributed by atoms with E-state index < -0.39 is 42.1 Å². The predicted octanol–water partition coefficient (Wildman–Crippen LogP) is 0.951. The summed E-state index contributed by atoms with van der Waals surface area (Å²) in [7, 11) is 0. The summed E-state index contributed by atoms with van der Waals surface area (Å²) in [6, 6.07) is 7.03. The highest BCUT2D eigenvalue weighted by Gasteiger charge is 2.37. The Balaban J connectivity index is 2.33. The van der Waals surface area contributed by atoms with Crippen molar-refractivity contribution in [2.45, 2.75) is 26.3 Å². The van der Waals surface area contributed by atoms with Crippen LogP contribution in [0.15, 0.2) is 36.5 Å². The van der Waals surface area contributed by atoms with E-state index in [1.807, 2.05) is 0 Å². The number of ether oxygens (including phenoxy) is 2. The second-order valence-electron chi connectivity index (χ2n) is 6.10. The minimum absolute atomic E-state index is 0.0326. The molecule has 9 heteroatoms. The van der Waals surface area contributed by atoms with E-state index in [-0.39, 0.29) is 18.8 Å². The average molecular weight is 401 g/mol. The van der Waals surface area contributed by atoms with Gasteiger partial charge in [0.25, 0.3) is 5.91 Å². The van der Waals surface area contributed by atoms with E-state index in [0.717, 1.165) is 5.39 Å². The summed E-state index contributed by atoms with van der Waals surface area (Å²) in [5, 5.41) is 3.18. The Labute approximate surface area is 167 Å².